The van der Waals surface area contributed by atoms with Gasteiger partial charge in [-0.1, -0.05) is 35.9 Å². The van der Waals surface area contributed by atoms with E-state index >= 15 is 0 Å². The summed E-state index contributed by atoms with van der Waals surface area (Å²) in [4.78, 5) is 40.6. The van der Waals surface area contributed by atoms with E-state index in [1.807, 2.05) is 0 Å². The molecule has 7 nitrogen and oxygen atoms in total. The molecule has 3 heterocycles. The first-order valence-electron chi connectivity index (χ1n) is 11.1. The Hall–Kier alpha value is -3.82. The van der Waals surface area contributed by atoms with Crippen molar-refractivity contribution >= 4 is 40.7 Å². The van der Waals surface area contributed by atoms with Gasteiger partial charge in [0, 0.05) is 25.4 Å². The van der Waals surface area contributed by atoms with Gasteiger partial charge in [-0.2, -0.15) is 5.10 Å². The topological polar surface area (TPSA) is 84.3 Å². The van der Waals surface area contributed by atoms with Gasteiger partial charge in [0.25, 0.3) is 17.7 Å². The Morgan fingerprint density at radius 2 is 1.72 bits per heavy atom. The second kappa shape index (κ2) is 9.67. The van der Waals surface area contributed by atoms with Crippen LogP contribution in [0.2, 0.25) is 4.34 Å². The zero-order valence-electron chi connectivity index (χ0n) is 19.1. The number of hydrogen-bond acceptors (Lipinski definition) is 5. The zero-order chi connectivity index (χ0) is 25.4. The van der Waals surface area contributed by atoms with E-state index < -0.39 is 17.9 Å². The molecule has 182 valence electrons. The number of halogens is 2. The first-order valence-corrected chi connectivity index (χ1v) is 12.3. The third-order valence-electron chi connectivity index (χ3n) is 6.02. The van der Waals surface area contributed by atoms with Gasteiger partial charge in [-0.15, -0.1) is 11.3 Å². The largest absolute Gasteiger partial charge is 0.346 e. The molecule has 5 rings (SSSR count). The van der Waals surface area contributed by atoms with Crippen molar-refractivity contribution < 1.29 is 18.8 Å². The van der Waals surface area contributed by atoms with Crippen LogP contribution in [0.5, 0.6) is 0 Å². The summed E-state index contributed by atoms with van der Waals surface area (Å²) in [6.07, 6.45) is 1.93. The number of aromatic nitrogens is 2. The van der Waals surface area contributed by atoms with Crippen LogP contribution in [0.4, 0.5) is 4.39 Å². The Morgan fingerprint density at radius 1 is 1.06 bits per heavy atom. The molecule has 2 aromatic heterocycles. The van der Waals surface area contributed by atoms with Gasteiger partial charge < -0.3 is 5.32 Å². The van der Waals surface area contributed by atoms with E-state index in [1.165, 1.54) is 12.1 Å². The molecule has 0 unspecified atom stereocenters. The van der Waals surface area contributed by atoms with E-state index in [0.29, 0.717) is 25.9 Å². The number of nitrogens with one attached hydrogen (secondary N) is 1. The average molecular weight is 523 g/mol. The predicted molar refractivity (Wildman–Crippen MR) is 135 cm³/mol. The number of rotatable bonds is 7. The first kappa shape index (κ1) is 23.9. The highest BCUT2D eigenvalue weighted by molar-refractivity contribution is 7.18. The van der Waals surface area contributed by atoms with Crippen LogP contribution in [0.3, 0.4) is 0 Å². The molecule has 0 fully saturated rings. The van der Waals surface area contributed by atoms with Crippen LogP contribution in [0.15, 0.2) is 66.9 Å². The van der Waals surface area contributed by atoms with Crippen LogP contribution < -0.4 is 5.32 Å². The van der Waals surface area contributed by atoms with Crippen LogP contribution in [0.1, 0.15) is 36.0 Å². The van der Waals surface area contributed by atoms with Crippen LogP contribution in [-0.4, -0.2) is 45.0 Å². The number of imide groups is 1. The van der Waals surface area contributed by atoms with Gasteiger partial charge in [-0.3, -0.25) is 24.0 Å². The minimum Gasteiger partial charge on any atom is -0.346 e. The number of fused-ring (bicyclic) bond motifs is 1. The highest BCUT2D eigenvalue weighted by atomic mass is 35.5. The number of amides is 3. The summed E-state index contributed by atoms with van der Waals surface area (Å²) in [7, 11) is 1.78. The molecule has 0 saturated carbocycles. The highest BCUT2D eigenvalue weighted by Gasteiger charge is 2.36. The van der Waals surface area contributed by atoms with Crippen molar-refractivity contribution in [2.45, 2.75) is 12.5 Å². The maximum atomic E-state index is 13.4. The fourth-order valence-electron chi connectivity index (χ4n) is 4.24. The van der Waals surface area contributed by atoms with Crippen molar-refractivity contribution in [1.82, 2.24) is 20.0 Å². The number of nitrogens with zero attached hydrogens (tertiary/aromatic N) is 3. The summed E-state index contributed by atoms with van der Waals surface area (Å²) in [5, 5.41) is 7.09. The molecule has 4 aromatic rings. The minimum absolute atomic E-state index is 0.0385. The molecular formula is C26H20ClFN4O3S. The highest BCUT2D eigenvalue weighted by Crippen LogP contribution is 2.35. The van der Waals surface area contributed by atoms with E-state index in [4.69, 9.17) is 11.6 Å². The quantitative estimate of drug-likeness (QED) is 0.360. The molecule has 1 atom stereocenters. The van der Waals surface area contributed by atoms with Crippen LogP contribution in [0.25, 0.3) is 11.3 Å². The van der Waals surface area contributed by atoms with Gasteiger partial charge in [-0.05, 0) is 48.4 Å². The van der Waals surface area contributed by atoms with E-state index in [9.17, 15) is 18.8 Å². The molecule has 1 N–H and O–H groups in total. The molecule has 1 aliphatic rings. The smallest absolute Gasteiger partial charge is 0.261 e. The Morgan fingerprint density at radius 3 is 2.33 bits per heavy atom. The Labute approximate surface area is 215 Å². The van der Waals surface area contributed by atoms with E-state index in [0.717, 1.165) is 27.5 Å². The van der Waals surface area contributed by atoms with Crippen molar-refractivity contribution in [3.63, 3.8) is 0 Å². The van der Waals surface area contributed by atoms with Crippen molar-refractivity contribution in [2.75, 3.05) is 6.54 Å². The summed E-state index contributed by atoms with van der Waals surface area (Å²) in [6, 6.07) is 15.4. The fraction of sp³-hybridized carbons (Fsp3) is 0.154. The number of aryl methyl sites for hydroxylation is 1. The normalized spacial score (nSPS) is 13.7. The summed E-state index contributed by atoms with van der Waals surface area (Å²) >= 11 is 7.55. The maximum Gasteiger partial charge on any atom is 0.261 e. The van der Waals surface area contributed by atoms with Gasteiger partial charge in [0.2, 0.25) is 0 Å². The molecule has 0 aliphatic carbocycles. The number of benzene rings is 2. The van der Waals surface area contributed by atoms with Gasteiger partial charge in [-0.25, -0.2) is 4.39 Å². The molecular weight excluding hydrogens is 503 g/mol. The number of hydrogen-bond donors (Lipinski definition) is 1. The van der Waals surface area contributed by atoms with Crippen LogP contribution in [-0.2, 0) is 13.5 Å². The number of carbonyl (C=O) groups is 3. The molecule has 0 spiro atoms. The average Bonchev–Trinajstić information content (AvgIpc) is 3.53. The fourth-order valence-corrected chi connectivity index (χ4v) is 5.44. The van der Waals surface area contributed by atoms with Gasteiger partial charge in [0.15, 0.2) is 0 Å². The summed E-state index contributed by atoms with van der Waals surface area (Å²) < 4.78 is 15.5. The predicted octanol–water partition coefficient (Wildman–Crippen LogP) is 4.58. The van der Waals surface area contributed by atoms with E-state index in [-0.39, 0.29) is 24.7 Å². The number of carbonyl (C=O) groups excluding carboxylic acids is 3. The lowest BCUT2D eigenvalue weighted by atomic mass is 10.0. The molecule has 36 heavy (non-hydrogen) atoms. The summed E-state index contributed by atoms with van der Waals surface area (Å²) in [5.74, 6) is -1.59. The molecule has 2 aromatic carbocycles. The first-order chi connectivity index (χ1) is 17.3. The second-order valence-electron chi connectivity index (χ2n) is 8.41. The minimum atomic E-state index is -0.619. The van der Waals surface area contributed by atoms with E-state index in [1.54, 1.807) is 66.5 Å². The standard InChI is InChI=1S/C26H20ClFN4O3S/c1-31-21(10-11-29-31)20-13-22(36-23(20)27)24(33)30-17(12-15-6-8-16(28)9-7-15)14-32-25(34)18-4-2-3-5-19(18)26(32)35/h2-11,13,17H,12,14H2,1H3,(H,30,33)/t17-/m0/s1. The van der Waals surface area contributed by atoms with Crippen molar-refractivity contribution in [1.29, 1.82) is 0 Å². The Bertz CT molecular complexity index is 1450. The lowest BCUT2D eigenvalue weighted by molar-refractivity contribution is 0.0629. The van der Waals surface area contributed by atoms with Gasteiger partial charge in [0.05, 0.1) is 27.7 Å². The third kappa shape index (κ3) is 4.55. The van der Waals surface area contributed by atoms with Crippen LogP contribution in [0, 0.1) is 5.82 Å². The molecule has 0 saturated heterocycles. The monoisotopic (exact) mass is 522 g/mol. The van der Waals surface area contributed by atoms with Gasteiger partial charge in [0.1, 0.15) is 10.2 Å². The molecule has 1 aliphatic heterocycles. The Balaban J connectivity index is 1.40. The molecule has 10 heteroatoms. The lowest BCUT2D eigenvalue weighted by Gasteiger charge is -2.24. The molecule has 0 radical (unpaired) electrons. The number of thiophene rings is 1. The molecule has 0 bridgehead atoms. The van der Waals surface area contributed by atoms with E-state index in [2.05, 4.69) is 10.4 Å². The zero-order valence-corrected chi connectivity index (χ0v) is 20.6. The van der Waals surface area contributed by atoms with Crippen molar-refractivity contribution in [2.24, 2.45) is 7.05 Å². The third-order valence-corrected chi connectivity index (χ3v) is 7.38. The lowest BCUT2D eigenvalue weighted by Crippen LogP contribution is -2.46. The molecule has 3 amide bonds. The second-order valence-corrected chi connectivity index (χ2v) is 10.1. The SMILES string of the molecule is Cn1nccc1-c1cc(C(=O)N[C@@H](Cc2ccc(F)cc2)CN2C(=O)c3ccccc3C2=O)sc1Cl. The summed E-state index contributed by atoms with van der Waals surface area (Å²) in [6.45, 7) is -0.0385. The maximum absolute atomic E-state index is 13.4. The summed E-state index contributed by atoms with van der Waals surface area (Å²) in [5.41, 5.74) is 2.87. The Kier molecular flexibility index (Phi) is 6.42. The van der Waals surface area contributed by atoms with Crippen LogP contribution >= 0.6 is 22.9 Å². The van der Waals surface area contributed by atoms with Crippen molar-refractivity contribution in [3.8, 4) is 11.3 Å². The van der Waals surface area contributed by atoms with Gasteiger partial charge >= 0.3 is 0 Å². The van der Waals surface area contributed by atoms with Crippen molar-refractivity contribution in [3.05, 3.63) is 98.6 Å².